The smallest absolute Gasteiger partial charge is 0.318 e. The molecule has 7 heteroatoms. The lowest BCUT2D eigenvalue weighted by Gasteiger charge is -2.01. The molecule has 0 saturated carbocycles. The topological polar surface area (TPSA) is 102 Å². The summed E-state index contributed by atoms with van der Waals surface area (Å²) >= 11 is 0. The molecule has 0 aliphatic rings. The van der Waals surface area contributed by atoms with Crippen molar-refractivity contribution in [2.45, 2.75) is 0 Å². The van der Waals surface area contributed by atoms with Gasteiger partial charge in [-0.15, -0.1) is 0 Å². The van der Waals surface area contributed by atoms with Crippen LogP contribution in [0.4, 0.5) is 10.6 Å². The molecule has 14 heavy (non-hydrogen) atoms. The van der Waals surface area contributed by atoms with Gasteiger partial charge in [-0.1, -0.05) is 0 Å². The van der Waals surface area contributed by atoms with Crippen molar-refractivity contribution in [3.63, 3.8) is 0 Å². The van der Waals surface area contributed by atoms with Gasteiger partial charge in [-0.05, 0) is 0 Å². The predicted octanol–water partition coefficient (Wildman–Crippen LogP) is -0.973. The second-order valence-electron chi connectivity index (χ2n) is 2.64. The number of nitrogens with two attached hydrogens (primary N) is 1. The molecule has 0 aliphatic heterocycles. The number of primary amides is 1. The van der Waals surface area contributed by atoms with Crippen molar-refractivity contribution in [1.29, 1.82) is 0 Å². The zero-order valence-corrected chi connectivity index (χ0v) is 7.65. The lowest BCUT2D eigenvalue weighted by molar-refractivity contribution is -0.118. The van der Waals surface area contributed by atoms with Gasteiger partial charge >= 0.3 is 6.03 Å². The molecular formula is C7H11N5O2. The van der Waals surface area contributed by atoms with Crippen LogP contribution >= 0.6 is 0 Å². The molecule has 4 N–H and O–H groups in total. The Morgan fingerprint density at radius 3 is 2.86 bits per heavy atom. The van der Waals surface area contributed by atoms with Crippen LogP contribution in [0.3, 0.4) is 0 Å². The maximum absolute atomic E-state index is 10.9. The van der Waals surface area contributed by atoms with Crippen LogP contribution in [0.5, 0.6) is 0 Å². The second kappa shape index (κ2) is 4.26. The molecule has 0 radical (unpaired) electrons. The molecule has 1 aromatic rings. The standard InChI is InChI=1S/C7H11N5O2/c1-12-3-2-5(11-12)9-4-6(13)10-7(8)14/h2-3H,4H2,1H3,(H,9,11)(H3,8,10,13,14). The number of carbonyl (C=O) groups is 2. The summed E-state index contributed by atoms with van der Waals surface area (Å²) in [5, 5.41) is 8.61. The van der Waals surface area contributed by atoms with Gasteiger partial charge in [-0.25, -0.2) is 4.79 Å². The van der Waals surface area contributed by atoms with Gasteiger partial charge in [0.1, 0.15) is 5.82 Å². The number of rotatable bonds is 3. The Labute approximate surface area is 80.3 Å². The summed E-state index contributed by atoms with van der Waals surface area (Å²) in [5.74, 6) is 0.0651. The molecule has 0 spiro atoms. The lowest BCUT2D eigenvalue weighted by Crippen LogP contribution is -2.38. The van der Waals surface area contributed by atoms with Gasteiger partial charge in [-0.2, -0.15) is 5.10 Å². The van der Waals surface area contributed by atoms with Crippen LogP contribution in [0.1, 0.15) is 0 Å². The van der Waals surface area contributed by atoms with E-state index in [4.69, 9.17) is 5.73 Å². The Bertz CT molecular complexity index is 346. The molecule has 0 unspecified atom stereocenters. The minimum absolute atomic E-state index is 0.0417. The van der Waals surface area contributed by atoms with Gasteiger partial charge in [0.25, 0.3) is 0 Å². The van der Waals surface area contributed by atoms with Gasteiger partial charge < -0.3 is 11.1 Å². The largest absolute Gasteiger partial charge is 0.360 e. The van der Waals surface area contributed by atoms with E-state index >= 15 is 0 Å². The van der Waals surface area contributed by atoms with E-state index in [-0.39, 0.29) is 6.54 Å². The van der Waals surface area contributed by atoms with Crippen molar-refractivity contribution < 1.29 is 9.59 Å². The molecule has 1 heterocycles. The number of aromatic nitrogens is 2. The SMILES string of the molecule is Cn1ccc(NCC(=O)NC(N)=O)n1. The Hall–Kier alpha value is -2.05. The number of hydrogen-bond acceptors (Lipinski definition) is 4. The van der Waals surface area contributed by atoms with E-state index in [2.05, 4.69) is 10.4 Å². The lowest BCUT2D eigenvalue weighted by atomic mass is 10.5. The van der Waals surface area contributed by atoms with E-state index in [0.29, 0.717) is 5.82 Å². The van der Waals surface area contributed by atoms with Gasteiger partial charge in [0.2, 0.25) is 5.91 Å². The minimum atomic E-state index is -0.863. The molecule has 76 valence electrons. The number of urea groups is 1. The number of amides is 3. The Kier molecular flexibility index (Phi) is 3.05. The van der Waals surface area contributed by atoms with Crippen molar-refractivity contribution in [3.05, 3.63) is 12.3 Å². The highest BCUT2D eigenvalue weighted by molar-refractivity contribution is 5.95. The fourth-order valence-electron chi connectivity index (χ4n) is 0.862. The van der Waals surface area contributed by atoms with Crippen LogP contribution < -0.4 is 16.4 Å². The molecule has 0 aliphatic carbocycles. The number of aryl methyl sites for hydroxylation is 1. The summed E-state index contributed by atoms with van der Waals surface area (Å²) in [5.41, 5.74) is 4.75. The average molecular weight is 197 g/mol. The third-order valence-corrected chi connectivity index (χ3v) is 1.41. The van der Waals surface area contributed by atoms with Crippen LogP contribution in [0.2, 0.25) is 0 Å². The fraction of sp³-hybridized carbons (Fsp3) is 0.286. The first-order chi connectivity index (χ1) is 6.58. The average Bonchev–Trinajstić information content (AvgIpc) is 2.47. The normalized spacial score (nSPS) is 9.50. The van der Waals surface area contributed by atoms with Crippen LogP contribution in [-0.4, -0.2) is 28.3 Å². The van der Waals surface area contributed by atoms with Crippen molar-refractivity contribution in [1.82, 2.24) is 15.1 Å². The zero-order chi connectivity index (χ0) is 10.6. The number of anilines is 1. The number of hydrogen-bond donors (Lipinski definition) is 3. The third-order valence-electron chi connectivity index (χ3n) is 1.41. The van der Waals surface area contributed by atoms with Crippen molar-refractivity contribution in [3.8, 4) is 0 Å². The monoisotopic (exact) mass is 197 g/mol. The quantitative estimate of drug-likeness (QED) is 0.580. The second-order valence-corrected chi connectivity index (χ2v) is 2.64. The van der Waals surface area contributed by atoms with Crippen LogP contribution in [0.25, 0.3) is 0 Å². The molecule has 0 bridgehead atoms. The van der Waals surface area contributed by atoms with Gasteiger partial charge in [0.05, 0.1) is 6.54 Å². The number of nitrogens with zero attached hydrogens (tertiary/aromatic N) is 2. The molecule has 7 nitrogen and oxygen atoms in total. The van der Waals surface area contributed by atoms with E-state index in [1.165, 1.54) is 0 Å². The molecule has 1 aromatic heterocycles. The Morgan fingerprint density at radius 2 is 2.36 bits per heavy atom. The predicted molar refractivity (Wildman–Crippen MR) is 49.4 cm³/mol. The Balaban J connectivity index is 2.34. The van der Waals surface area contributed by atoms with Gasteiger partial charge in [0.15, 0.2) is 0 Å². The number of carbonyl (C=O) groups excluding carboxylic acids is 2. The maximum atomic E-state index is 10.9. The van der Waals surface area contributed by atoms with E-state index in [1.807, 2.05) is 5.32 Å². The fourth-order valence-corrected chi connectivity index (χ4v) is 0.862. The minimum Gasteiger partial charge on any atom is -0.360 e. The summed E-state index contributed by atoms with van der Waals surface area (Å²) in [6.45, 7) is -0.0417. The maximum Gasteiger partial charge on any atom is 0.318 e. The van der Waals surface area contributed by atoms with Gasteiger partial charge in [-0.3, -0.25) is 14.8 Å². The van der Waals surface area contributed by atoms with E-state index in [1.54, 1.807) is 24.0 Å². The summed E-state index contributed by atoms with van der Waals surface area (Å²) in [6.07, 6.45) is 1.73. The first-order valence-corrected chi connectivity index (χ1v) is 3.91. The summed E-state index contributed by atoms with van der Waals surface area (Å²) in [7, 11) is 1.76. The van der Waals surface area contributed by atoms with E-state index in [9.17, 15) is 9.59 Å². The van der Waals surface area contributed by atoms with Crippen LogP contribution in [0.15, 0.2) is 12.3 Å². The van der Waals surface area contributed by atoms with Gasteiger partial charge in [0, 0.05) is 19.3 Å². The molecule has 0 fully saturated rings. The summed E-state index contributed by atoms with van der Waals surface area (Å²) < 4.78 is 1.59. The highest BCUT2D eigenvalue weighted by Crippen LogP contribution is 1.98. The first kappa shape index (κ1) is 10.0. The van der Waals surface area contributed by atoms with Crippen molar-refractivity contribution in [2.75, 3.05) is 11.9 Å². The first-order valence-electron chi connectivity index (χ1n) is 3.91. The van der Waals surface area contributed by atoms with E-state index in [0.717, 1.165) is 0 Å². The highest BCUT2D eigenvalue weighted by atomic mass is 16.2. The highest BCUT2D eigenvalue weighted by Gasteiger charge is 2.04. The molecule has 0 saturated heterocycles. The van der Waals surface area contributed by atoms with E-state index < -0.39 is 11.9 Å². The van der Waals surface area contributed by atoms with Crippen molar-refractivity contribution in [2.24, 2.45) is 12.8 Å². The van der Waals surface area contributed by atoms with Crippen molar-refractivity contribution >= 4 is 17.8 Å². The molecular weight excluding hydrogens is 186 g/mol. The summed E-state index contributed by atoms with van der Waals surface area (Å²) in [4.78, 5) is 21.2. The molecule has 1 rings (SSSR count). The van der Waals surface area contributed by atoms with Crippen LogP contribution in [-0.2, 0) is 11.8 Å². The third kappa shape index (κ3) is 3.13. The summed E-state index contributed by atoms with van der Waals surface area (Å²) in [6, 6.07) is 0.843. The molecule has 3 amide bonds. The number of imide groups is 1. The molecule has 0 aromatic carbocycles. The van der Waals surface area contributed by atoms with Crippen LogP contribution in [0, 0.1) is 0 Å². The zero-order valence-electron chi connectivity index (χ0n) is 7.65. The Morgan fingerprint density at radius 1 is 1.64 bits per heavy atom. The number of nitrogens with one attached hydrogen (secondary N) is 2. The molecule has 0 atom stereocenters.